The molecule has 4 heteroatoms. The SMILES string of the molecule is COc1cc(F)cc(SC)c1C(C)=O. The maximum Gasteiger partial charge on any atom is 0.164 e. The van der Waals surface area contributed by atoms with Gasteiger partial charge in [-0.1, -0.05) is 0 Å². The third-order valence-electron chi connectivity index (χ3n) is 1.82. The molecule has 0 unspecified atom stereocenters. The van der Waals surface area contributed by atoms with Crippen molar-refractivity contribution in [1.29, 1.82) is 0 Å². The van der Waals surface area contributed by atoms with Gasteiger partial charge >= 0.3 is 0 Å². The van der Waals surface area contributed by atoms with Crippen LogP contribution in [0.5, 0.6) is 5.75 Å². The number of hydrogen-bond donors (Lipinski definition) is 0. The van der Waals surface area contributed by atoms with Crippen molar-refractivity contribution in [2.24, 2.45) is 0 Å². The van der Waals surface area contributed by atoms with Crippen molar-refractivity contribution in [2.45, 2.75) is 11.8 Å². The molecule has 1 aromatic carbocycles. The number of carbonyl (C=O) groups is 1. The van der Waals surface area contributed by atoms with Crippen molar-refractivity contribution < 1.29 is 13.9 Å². The van der Waals surface area contributed by atoms with Gasteiger partial charge in [-0.3, -0.25) is 4.79 Å². The lowest BCUT2D eigenvalue weighted by Crippen LogP contribution is -2.00. The number of benzene rings is 1. The molecular weight excluding hydrogens is 203 g/mol. The lowest BCUT2D eigenvalue weighted by molar-refractivity contribution is 0.101. The Morgan fingerprint density at radius 1 is 1.50 bits per heavy atom. The highest BCUT2D eigenvalue weighted by atomic mass is 32.2. The number of ether oxygens (including phenoxy) is 1. The van der Waals surface area contributed by atoms with Crippen LogP contribution in [0.25, 0.3) is 0 Å². The van der Waals surface area contributed by atoms with Crippen LogP contribution >= 0.6 is 11.8 Å². The van der Waals surface area contributed by atoms with Crippen LogP contribution in [-0.2, 0) is 0 Å². The molecule has 76 valence electrons. The van der Waals surface area contributed by atoms with E-state index in [0.717, 1.165) is 0 Å². The van der Waals surface area contributed by atoms with E-state index in [1.54, 1.807) is 6.26 Å². The Balaban J connectivity index is 3.40. The Labute approximate surface area is 86.5 Å². The molecule has 0 saturated carbocycles. The molecule has 0 bridgehead atoms. The second-order valence-corrected chi connectivity index (χ2v) is 3.59. The van der Waals surface area contributed by atoms with Crippen molar-refractivity contribution in [1.82, 2.24) is 0 Å². The molecular formula is C10H11FO2S. The molecule has 1 aromatic rings. The summed E-state index contributed by atoms with van der Waals surface area (Å²) >= 11 is 1.33. The van der Waals surface area contributed by atoms with E-state index in [4.69, 9.17) is 4.74 Å². The molecule has 2 nitrogen and oxygen atoms in total. The largest absolute Gasteiger partial charge is 0.496 e. The van der Waals surface area contributed by atoms with Crippen LogP contribution in [0.3, 0.4) is 0 Å². The van der Waals surface area contributed by atoms with Gasteiger partial charge in [0.2, 0.25) is 0 Å². The van der Waals surface area contributed by atoms with E-state index in [1.807, 2.05) is 0 Å². The first-order chi connectivity index (χ1) is 6.60. The second kappa shape index (κ2) is 4.46. The Hall–Kier alpha value is -1.03. The first kappa shape index (κ1) is 11.0. The highest BCUT2D eigenvalue weighted by Gasteiger charge is 2.14. The van der Waals surface area contributed by atoms with E-state index < -0.39 is 5.82 Å². The lowest BCUT2D eigenvalue weighted by atomic mass is 10.1. The minimum Gasteiger partial charge on any atom is -0.496 e. The summed E-state index contributed by atoms with van der Waals surface area (Å²) in [5.74, 6) is -0.218. The van der Waals surface area contributed by atoms with E-state index in [1.165, 1.54) is 37.9 Å². The van der Waals surface area contributed by atoms with Gasteiger partial charge in [0.1, 0.15) is 11.6 Å². The topological polar surface area (TPSA) is 26.3 Å². The Kier molecular flexibility index (Phi) is 3.52. The van der Waals surface area contributed by atoms with Gasteiger partial charge < -0.3 is 4.74 Å². The molecule has 0 radical (unpaired) electrons. The Morgan fingerprint density at radius 3 is 2.57 bits per heavy atom. The molecule has 0 N–H and O–H groups in total. The van der Waals surface area contributed by atoms with Gasteiger partial charge in [-0.15, -0.1) is 11.8 Å². The van der Waals surface area contributed by atoms with Crippen LogP contribution in [0.15, 0.2) is 17.0 Å². The Morgan fingerprint density at radius 2 is 2.14 bits per heavy atom. The first-order valence-electron chi connectivity index (χ1n) is 4.02. The predicted molar refractivity (Wildman–Crippen MR) is 54.7 cm³/mol. The van der Waals surface area contributed by atoms with Crippen molar-refractivity contribution >= 4 is 17.5 Å². The standard InChI is InChI=1S/C10H11FO2S/c1-6(12)10-8(13-2)4-7(11)5-9(10)14-3/h4-5H,1-3H3. The smallest absolute Gasteiger partial charge is 0.164 e. The maximum atomic E-state index is 13.0. The monoisotopic (exact) mass is 214 g/mol. The van der Waals surface area contributed by atoms with E-state index in [0.29, 0.717) is 16.2 Å². The third kappa shape index (κ3) is 2.07. The van der Waals surface area contributed by atoms with Crippen LogP contribution in [0.4, 0.5) is 4.39 Å². The average Bonchev–Trinajstić information content (AvgIpc) is 2.15. The summed E-state index contributed by atoms with van der Waals surface area (Å²) in [6.07, 6.45) is 1.79. The zero-order valence-corrected chi connectivity index (χ0v) is 9.07. The van der Waals surface area contributed by atoms with E-state index >= 15 is 0 Å². The molecule has 0 aromatic heterocycles. The van der Waals surface area contributed by atoms with Gasteiger partial charge in [0, 0.05) is 11.0 Å². The fourth-order valence-electron chi connectivity index (χ4n) is 1.23. The summed E-state index contributed by atoms with van der Waals surface area (Å²) < 4.78 is 18.0. The maximum absolute atomic E-state index is 13.0. The quantitative estimate of drug-likeness (QED) is 0.571. The number of carbonyl (C=O) groups excluding carboxylic acids is 1. The van der Waals surface area contributed by atoms with Gasteiger partial charge in [0.05, 0.1) is 12.7 Å². The van der Waals surface area contributed by atoms with Crippen molar-refractivity contribution in [3.63, 3.8) is 0 Å². The van der Waals surface area contributed by atoms with Crippen LogP contribution in [0.1, 0.15) is 17.3 Å². The molecule has 0 aliphatic heterocycles. The molecule has 0 heterocycles. The molecule has 0 saturated heterocycles. The van der Waals surface area contributed by atoms with Crippen molar-refractivity contribution in [2.75, 3.05) is 13.4 Å². The van der Waals surface area contributed by atoms with E-state index in [9.17, 15) is 9.18 Å². The molecule has 0 aliphatic rings. The number of ketones is 1. The fourth-order valence-corrected chi connectivity index (χ4v) is 1.91. The molecule has 0 atom stereocenters. The highest BCUT2D eigenvalue weighted by molar-refractivity contribution is 7.98. The summed E-state index contributed by atoms with van der Waals surface area (Å²) in [6, 6.07) is 2.56. The lowest BCUT2D eigenvalue weighted by Gasteiger charge is -2.09. The van der Waals surface area contributed by atoms with Crippen LogP contribution in [0, 0.1) is 5.82 Å². The molecule has 0 fully saturated rings. The third-order valence-corrected chi connectivity index (χ3v) is 2.58. The number of hydrogen-bond acceptors (Lipinski definition) is 3. The molecule has 0 aliphatic carbocycles. The highest BCUT2D eigenvalue weighted by Crippen LogP contribution is 2.30. The summed E-state index contributed by atoms with van der Waals surface area (Å²) in [5.41, 5.74) is 0.446. The normalized spacial score (nSPS) is 10.0. The number of methoxy groups -OCH3 is 1. The Bertz CT molecular complexity index is 338. The minimum atomic E-state index is -0.392. The number of Topliss-reactive ketones (excluding diaryl/α,β-unsaturated/α-hetero) is 1. The van der Waals surface area contributed by atoms with Gasteiger partial charge in [-0.2, -0.15) is 0 Å². The summed E-state index contributed by atoms with van der Waals surface area (Å²) in [6.45, 7) is 1.44. The van der Waals surface area contributed by atoms with Gasteiger partial charge in [0.15, 0.2) is 5.78 Å². The molecule has 1 rings (SSSR count). The summed E-state index contributed by atoms with van der Waals surface area (Å²) in [7, 11) is 1.42. The number of thioether (sulfide) groups is 1. The van der Waals surface area contributed by atoms with E-state index in [-0.39, 0.29) is 5.78 Å². The minimum absolute atomic E-state index is 0.119. The number of rotatable bonds is 3. The zero-order valence-electron chi connectivity index (χ0n) is 8.26. The number of halogens is 1. The first-order valence-corrected chi connectivity index (χ1v) is 5.25. The fraction of sp³-hybridized carbons (Fsp3) is 0.300. The predicted octanol–water partition coefficient (Wildman–Crippen LogP) is 2.76. The average molecular weight is 214 g/mol. The van der Waals surface area contributed by atoms with Crippen molar-refractivity contribution in [3.8, 4) is 5.75 Å². The van der Waals surface area contributed by atoms with E-state index in [2.05, 4.69) is 0 Å². The second-order valence-electron chi connectivity index (χ2n) is 2.74. The molecule has 14 heavy (non-hydrogen) atoms. The molecule has 0 spiro atoms. The van der Waals surface area contributed by atoms with Gasteiger partial charge in [-0.05, 0) is 19.2 Å². The van der Waals surface area contributed by atoms with Crippen molar-refractivity contribution in [3.05, 3.63) is 23.5 Å². The molecule has 0 amide bonds. The van der Waals surface area contributed by atoms with Crippen LogP contribution in [0.2, 0.25) is 0 Å². The summed E-state index contributed by atoms with van der Waals surface area (Å²) in [5, 5.41) is 0. The van der Waals surface area contributed by atoms with Crippen LogP contribution in [-0.4, -0.2) is 19.1 Å². The zero-order chi connectivity index (χ0) is 10.7. The summed E-state index contributed by atoms with van der Waals surface area (Å²) in [4.78, 5) is 11.9. The van der Waals surface area contributed by atoms with Gasteiger partial charge in [0.25, 0.3) is 0 Å². The van der Waals surface area contributed by atoms with Gasteiger partial charge in [-0.25, -0.2) is 4.39 Å². The van der Waals surface area contributed by atoms with Crippen LogP contribution < -0.4 is 4.74 Å².